The SMILES string of the molecule is CCn1c(-c2cnnn2C)nc2ccccc21. The van der Waals surface area contributed by atoms with Gasteiger partial charge in [-0.15, -0.1) is 5.10 Å². The van der Waals surface area contributed by atoms with Crippen molar-refractivity contribution < 1.29 is 0 Å². The maximum absolute atomic E-state index is 4.65. The average molecular weight is 227 g/mol. The second-order valence-electron chi connectivity index (χ2n) is 3.91. The predicted octanol–water partition coefficient (Wildman–Crippen LogP) is 1.85. The molecule has 5 nitrogen and oxygen atoms in total. The van der Waals surface area contributed by atoms with E-state index < -0.39 is 0 Å². The Hall–Kier alpha value is -2.17. The first kappa shape index (κ1) is 10.0. The molecule has 5 heteroatoms. The van der Waals surface area contributed by atoms with E-state index in [0.29, 0.717) is 0 Å². The number of aromatic nitrogens is 5. The van der Waals surface area contributed by atoms with Crippen LogP contribution < -0.4 is 0 Å². The van der Waals surface area contributed by atoms with Gasteiger partial charge in [-0.2, -0.15) is 0 Å². The van der Waals surface area contributed by atoms with Gasteiger partial charge in [0, 0.05) is 13.6 Å². The fraction of sp³-hybridized carbons (Fsp3) is 0.250. The van der Waals surface area contributed by atoms with Gasteiger partial charge in [0.15, 0.2) is 5.82 Å². The molecule has 0 fully saturated rings. The van der Waals surface area contributed by atoms with E-state index in [9.17, 15) is 0 Å². The average Bonchev–Trinajstić information content (AvgIpc) is 2.91. The van der Waals surface area contributed by atoms with Crippen LogP contribution in [0.25, 0.3) is 22.6 Å². The largest absolute Gasteiger partial charge is 0.323 e. The quantitative estimate of drug-likeness (QED) is 0.671. The molecule has 3 aromatic rings. The third-order valence-corrected chi connectivity index (χ3v) is 2.91. The molecule has 0 aliphatic carbocycles. The molecule has 0 N–H and O–H groups in total. The van der Waals surface area contributed by atoms with Crippen LogP contribution in [0.1, 0.15) is 6.92 Å². The zero-order valence-corrected chi connectivity index (χ0v) is 9.83. The summed E-state index contributed by atoms with van der Waals surface area (Å²) in [5, 5.41) is 7.86. The van der Waals surface area contributed by atoms with E-state index in [1.165, 1.54) is 0 Å². The summed E-state index contributed by atoms with van der Waals surface area (Å²) in [6, 6.07) is 8.13. The Morgan fingerprint density at radius 2 is 2.06 bits per heavy atom. The van der Waals surface area contributed by atoms with Gasteiger partial charge in [0.1, 0.15) is 5.69 Å². The number of imidazole rings is 1. The molecule has 86 valence electrons. The van der Waals surface area contributed by atoms with E-state index >= 15 is 0 Å². The van der Waals surface area contributed by atoms with Crippen LogP contribution in [0.4, 0.5) is 0 Å². The number of fused-ring (bicyclic) bond motifs is 1. The van der Waals surface area contributed by atoms with Crippen LogP contribution in [0.3, 0.4) is 0 Å². The molecule has 2 aromatic heterocycles. The lowest BCUT2D eigenvalue weighted by atomic mass is 10.3. The standard InChI is InChI=1S/C12H13N5/c1-3-17-10-7-5-4-6-9(10)14-12(17)11-8-13-15-16(11)2/h4-8H,3H2,1-2H3. The fourth-order valence-corrected chi connectivity index (χ4v) is 2.08. The van der Waals surface area contributed by atoms with E-state index in [-0.39, 0.29) is 0 Å². The summed E-state index contributed by atoms with van der Waals surface area (Å²) in [4.78, 5) is 4.65. The lowest BCUT2D eigenvalue weighted by Gasteiger charge is -2.04. The highest BCUT2D eigenvalue weighted by atomic mass is 15.4. The maximum atomic E-state index is 4.65. The molecule has 0 unspecified atom stereocenters. The molecule has 0 bridgehead atoms. The van der Waals surface area contributed by atoms with Gasteiger partial charge < -0.3 is 4.57 Å². The smallest absolute Gasteiger partial charge is 0.161 e. The molecule has 2 heterocycles. The van der Waals surface area contributed by atoms with Crippen molar-refractivity contribution in [1.29, 1.82) is 0 Å². The summed E-state index contributed by atoms with van der Waals surface area (Å²) in [5.74, 6) is 0.918. The zero-order valence-electron chi connectivity index (χ0n) is 9.83. The molecule has 0 aliphatic heterocycles. The van der Waals surface area contributed by atoms with Gasteiger partial charge in [-0.1, -0.05) is 17.3 Å². The molecule has 0 saturated heterocycles. The highest BCUT2D eigenvalue weighted by molar-refractivity contribution is 5.79. The number of rotatable bonds is 2. The van der Waals surface area contributed by atoms with Crippen LogP contribution in [-0.4, -0.2) is 24.5 Å². The second kappa shape index (κ2) is 3.69. The van der Waals surface area contributed by atoms with Crippen molar-refractivity contribution in [2.24, 2.45) is 7.05 Å². The van der Waals surface area contributed by atoms with Crippen molar-refractivity contribution >= 4 is 11.0 Å². The minimum Gasteiger partial charge on any atom is -0.323 e. The van der Waals surface area contributed by atoms with E-state index in [4.69, 9.17) is 0 Å². The fourth-order valence-electron chi connectivity index (χ4n) is 2.08. The number of para-hydroxylation sites is 2. The van der Waals surface area contributed by atoms with Crippen molar-refractivity contribution in [2.75, 3.05) is 0 Å². The van der Waals surface area contributed by atoms with E-state index in [2.05, 4.69) is 32.9 Å². The van der Waals surface area contributed by atoms with Gasteiger partial charge in [0.25, 0.3) is 0 Å². The highest BCUT2D eigenvalue weighted by Gasteiger charge is 2.13. The summed E-state index contributed by atoms with van der Waals surface area (Å²) in [6.07, 6.45) is 1.74. The van der Waals surface area contributed by atoms with Gasteiger partial charge in [-0.3, -0.25) is 0 Å². The van der Waals surface area contributed by atoms with Crippen LogP contribution in [0.2, 0.25) is 0 Å². The number of nitrogens with zero attached hydrogens (tertiary/aromatic N) is 5. The molecule has 0 atom stereocenters. The van der Waals surface area contributed by atoms with Gasteiger partial charge in [-0.25, -0.2) is 9.67 Å². The molecule has 17 heavy (non-hydrogen) atoms. The molecule has 0 radical (unpaired) electrons. The topological polar surface area (TPSA) is 48.5 Å². The number of hydrogen-bond acceptors (Lipinski definition) is 3. The Labute approximate surface area is 98.7 Å². The molecule has 0 amide bonds. The van der Waals surface area contributed by atoms with Crippen LogP contribution >= 0.6 is 0 Å². The minimum absolute atomic E-state index is 0.876. The molecular formula is C12H13N5. The summed E-state index contributed by atoms with van der Waals surface area (Å²) < 4.78 is 3.92. The number of hydrogen-bond donors (Lipinski definition) is 0. The van der Waals surface area contributed by atoms with Gasteiger partial charge in [0.2, 0.25) is 0 Å². The summed E-state index contributed by atoms with van der Waals surface area (Å²) in [7, 11) is 1.88. The molecule has 0 spiro atoms. The Balaban J connectivity index is 2.33. The first-order valence-electron chi connectivity index (χ1n) is 5.61. The van der Waals surface area contributed by atoms with Gasteiger partial charge >= 0.3 is 0 Å². The van der Waals surface area contributed by atoms with E-state index in [1.54, 1.807) is 10.9 Å². The van der Waals surface area contributed by atoms with Crippen molar-refractivity contribution in [3.05, 3.63) is 30.5 Å². The highest BCUT2D eigenvalue weighted by Crippen LogP contribution is 2.23. The minimum atomic E-state index is 0.876. The number of aryl methyl sites for hydroxylation is 2. The summed E-state index contributed by atoms with van der Waals surface area (Å²) >= 11 is 0. The van der Waals surface area contributed by atoms with Crippen molar-refractivity contribution in [1.82, 2.24) is 24.5 Å². The van der Waals surface area contributed by atoms with Gasteiger partial charge in [-0.05, 0) is 19.1 Å². The Morgan fingerprint density at radius 1 is 1.24 bits per heavy atom. The van der Waals surface area contributed by atoms with E-state index in [0.717, 1.165) is 29.1 Å². The third kappa shape index (κ3) is 1.43. The van der Waals surface area contributed by atoms with Gasteiger partial charge in [0.05, 0.1) is 17.2 Å². The predicted molar refractivity (Wildman–Crippen MR) is 65.4 cm³/mol. The Bertz CT molecular complexity index is 664. The van der Waals surface area contributed by atoms with Crippen molar-refractivity contribution in [3.63, 3.8) is 0 Å². The first-order valence-corrected chi connectivity index (χ1v) is 5.61. The number of benzene rings is 1. The van der Waals surface area contributed by atoms with Crippen LogP contribution in [-0.2, 0) is 13.6 Å². The van der Waals surface area contributed by atoms with Crippen LogP contribution in [0.5, 0.6) is 0 Å². The van der Waals surface area contributed by atoms with Crippen LogP contribution in [0.15, 0.2) is 30.5 Å². The second-order valence-corrected chi connectivity index (χ2v) is 3.91. The molecule has 0 saturated carbocycles. The van der Waals surface area contributed by atoms with E-state index in [1.807, 2.05) is 25.2 Å². The molecular weight excluding hydrogens is 214 g/mol. The van der Waals surface area contributed by atoms with Crippen LogP contribution in [0, 0.1) is 0 Å². The lowest BCUT2D eigenvalue weighted by Crippen LogP contribution is -2.01. The summed E-state index contributed by atoms with van der Waals surface area (Å²) in [6.45, 7) is 2.99. The third-order valence-electron chi connectivity index (χ3n) is 2.91. The zero-order chi connectivity index (χ0) is 11.8. The monoisotopic (exact) mass is 227 g/mol. The maximum Gasteiger partial charge on any atom is 0.161 e. The summed E-state index contributed by atoms with van der Waals surface area (Å²) in [5.41, 5.74) is 3.08. The normalized spacial score (nSPS) is 11.2. The first-order chi connectivity index (χ1) is 8.31. The molecule has 3 rings (SSSR count). The Morgan fingerprint density at radius 3 is 2.76 bits per heavy atom. The molecule has 1 aromatic carbocycles. The lowest BCUT2D eigenvalue weighted by molar-refractivity contribution is 0.707. The molecule has 0 aliphatic rings. The van der Waals surface area contributed by atoms with Crippen molar-refractivity contribution in [3.8, 4) is 11.5 Å². The Kier molecular flexibility index (Phi) is 2.18. The van der Waals surface area contributed by atoms with Crippen molar-refractivity contribution in [2.45, 2.75) is 13.5 Å².